The molecule has 0 saturated carbocycles. The van der Waals surface area contributed by atoms with E-state index >= 15 is 0 Å². The van der Waals surface area contributed by atoms with E-state index in [1.54, 1.807) is 0 Å². The van der Waals surface area contributed by atoms with Crippen LogP contribution >= 0.6 is 35.7 Å². The van der Waals surface area contributed by atoms with Gasteiger partial charge in [-0.3, -0.25) is 4.99 Å². The molecule has 124 valence electrons. The van der Waals surface area contributed by atoms with Crippen LogP contribution in [0.5, 0.6) is 0 Å². The second kappa shape index (κ2) is 10.9. The second-order valence-corrected chi connectivity index (χ2v) is 6.21. The molecule has 0 spiro atoms. The van der Waals surface area contributed by atoms with E-state index in [0.29, 0.717) is 0 Å². The molecule has 0 bridgehead atoms. The molecular weight excluding hydrogens is 401 g/mol. The Balaban J connectivity index is 0.00000220. The van der Waals surface area contributed by atoms with E-state index in [2.05, 4.69) is 21.5 Å². The maximum atomic E-state index is 5.88. The summed E-state index contributed by atoms with van der Waals surface area (Å²) < 4.78 is 11.6. The van der Waals surface area contributed by atoms with Crippen molar-refractivity contribution in [3.8, 4) is 0 Å². The summed E-state index contributed by atoms with van der Waals surface area (Å²) in [5.74, 6) is 2.18. The van der Waals surface area contributed by atoms with Crippen LogP contribution in [0.25, 0.3) is 0 Å². The van der Waals surface area contributed by atoms with Gasteiger partial charge in [0.2, 0.25) is 0 Å². The third-order valence-electron chi connectivity index (χ3n) is 3.79. The molecule has 0 amide bonds. The number of nitrogens with one attached hydrogen (secondary N) is 1. The van der Waals surface area contributed by atoms with Crippen LogP contribution in [0.1, 0.15) is 19.3 Å². The van der Waals surface area contributed by atoms with Crippen LogP contribution < -0.4 is 5.32 Å². The van der Waals surface area contributed by atoms with Crippen LogP contribution in [0.4, 0.5) is 0 Å². The predicted octanol–water partition coefficient (Wildman–Crippen LogP) is 1.81. The Morgan fingerprint density at radius 3 is 2.81 bits per heavy atom. The third-order valence-corrected chi connectivity index (χ3v) is 4.49. The molecule has 2 aliphatic rings. The molecule has 0 aromatic carbocycles. The number of halogens is 1. The number of nitrogens with zero attached hydrogens (tertiary/aromatic N) is 2. The highest BCUT2D eigenvalue weighted by molar-refractivity contribution is 14.0. The minimum Gasteiger partial charge on any atom is -0.375 e. The number of guanidine groups is 1. The average Bonchev–Trinajstić information content (AvgIpc) is 3.02. The fourth-order valence-corrected chi connectivity index (χ4v) is 3.17. The van der Waals surface area contributed by atoms with Crippen molar-refractivity contribution in [2.24, 2.45) is 4.99 Å². The van der Waals surface area contributed by atoms with Crippen molar-refractivity contribution in [1.29, 1.82) is 0 Å². The lowest BCUT2D eigenvalue weighted by atomic mass is 10.1. The molecule has 0 aromatic rings. The monoisotopic (exact) mass is 429 g/mol. The Morgan fingerprint density at radius 2 is 2.14 bits per heavy atom. The smallest absolute Gasteiger partial charge is 0.193 e. The first-order valence-electron chi connectivity index (χ1n) is 7.53. The van der Waals surface area contributed by atoms with Gasteiger partial charge in [0, 0.05) is 33.3 Å². The summed E-state index contributed by atoms with van der Waals surface area (Å²) in [5.41, 5.74) is 0. The normalized spacial score (nSPS) is 26.6. The van der Waals surface area contributed by atoms with Crippen molar-refractivity contribution in [3.05, 3.63) is 0 Å². The van der Waals surface area contributed by atoms with Crippen LogP contribution in [0.3, 0.4) is 0 Å². The Hall–Kier alpha value is 0.270. The third kappa shape index (κ3) is 6.11. The zero-order valence-electron chi connectivity index (χ0n) is 13.0. The van der Waals surface area contributed by atoms with Crippen LogP contribution in [-0.2, 0) is 9.47 Å². The first kappa shape index (κ1) is 19.3. The number of rotatable bonds is 5. The lowest BCUT2D eigenvalue weighted by Crippen LogP contribution is -2.53. The number of hydrogen-bond donors (Lipinski definition) is 1. The Bertz CT molecular complexity index is 315. The van der Waals surface area contributed by atoms with Crippen LogP contribution in [0, 0.1) is 0 Å². The fourth-order valence-electron chi connectivity index (χ4n) is 2.74. The number of thioether (sulfide) groups is 1. The molecule has 7 heteroatoms. The highest BCUT2D eigenvalue weighted by Crippen LogP contribution is 2.20. The van der Waals surface area contributed by atoms with Crippen LogP contribution in [-0.4, -0.2) is 75.0 Å². The first-order chi connectivity index (χ1) is 9.85. The van der Waals surface area contributed by atoms with Gasteiger partial charge in [0.1, 0.15) is 6.10 Å². The number of ether oxygens (including phenoxy) is 2. The SMILES string of the molecule is CN=C(NCCCSC)N1CCOC(C2CCCO2)C1.I. The minimum absolute atomic E-state index is 0. The Labute approximate surface area is 149 Å². The molecule has 2 aliphatic heterocycles. The van der Waals surface area contributed by atoms with Gasteiger partial charge in [0.25, 0.3) is 0 Å². The van der Waals surface area contributed by atoms with Crippen molar-refractivity contribution in [1.82, 2.24) is 10.2 Å². The quantitative estimate of drug-likeness (QED) is 0.313. The first-order valence-corrected chi connectivity index (χ1v) is 8.92. The van der Waals surface area contributed by atoms with Gasteiger partial charge in [-0.15, -0.1) is 24.0 Å². The van der Waals surface area contributed by atoms with Gasteiger partial charge in [-0.2, -0.15) is 11.8 Å². The number of aliphatic imine (C=N–C) groups is 1. The fraction of sp³-hybridized carbons (Fsp3) is 0.929. The summed E-state index contributed by atoms with van der Waals surface area (Å²) in [7, 11) is 1.85. The topological polar surface area (TPSA) is 46.1 Å². The minimum atomic E-state index is 0. The van der Waals surface area contributed by atoms with E-state index in [-0.39, 0.29) is 36.2 Å². The van der Waals surface area contributed by atoms with E-state index in [1.807, 2.05) is 18.8 Å². The summed E-state index contributed by atoms with van der Waals surface area (Å²) >= 11 is 1.88. The summed E-state index contributed by atoms with van der Waals surface area (Å²) in [5, 5.41) is 3.45. The van der Waals surface area contributed by atoms with E-state index in [0.717, 1.165) is 51.6 Å². The standard InChI is InChI=1S/C14H27N3O2S.HI/c1-15-14(16-6-4-10-20-2)17-7-9-19-13(11-17)12-5-3-8-18-12;/h12-13H,3-11H2,1-2H3,(H,15,16);1H. The molecule has 2 atom stereocenters. The largest absolute Gasteiger partial charge is 0.375 e. The molecule has 2 saturated heterocycles. The molecule has 2 rings (SSSR count). The van der Waals surface area contributed by atoms with E-state index in [1.165, 1.54) is 12.2 Å². The summed E-state index contributed by atoms with van der Waals surface area (Å²) in [6.45, 7) is 4.41. The van der Waals surface area contributed by atoms with Crippen molar-refractivity contribution >= 4 is 41.7 Å². The average molecular weight is 429 g/mol. The zero-order chi connectivity index (χ0) is 14.2. The molecule has 2 unspecified atom stereocenters. The molecule has 0 radical (unpaired) electrons. The maximum absolute atomic E-state index is 5.88. The van der Waals surface area contributed by atoms with Gasteiger partial charge >= 0.3 is 0 Å². The molecule has 5 nitrogen and oxygen atoms in total. The van der Waals surface area contributed by atoms with Crippen molar-refractivity contribution in [2.45, 2.75) is 31.5 Å². The van der Waals surface area contributed by atoms with Gasteiger partial charge < -0.3 is 19.7 Å². The van der Waals surface area contributed by atoms with Crippen molar-refractivity contribution in [3.63, 3.8) is 0 Å². The van der Waals surface area contributed by atoms with Gasteiger partial charge in [0.15, 0.2) is 5.96 Å². The van der Waals surface area contributed by atoms with E-state index < -0.39 is 0 Å². The predicted molar refractivity (Wildman–Crippen MR) is 100 cm³/mol. The summed E-state index contributed by atoms with van der Waals surface area (Å²) in [6, 6.07) is 0. The number of morpholine rings is 1. The molecule has 2 fully saturated rings. The molecule has 0 aromatic heterocycles. The van der Waals surface area contributed by atoms with E-state index in [9.17, 15) is 0 Å². The lowest BCUT2D eigenvalue weighted by Gasteiger charge is -2.37. The van der Waals surface area contributed by atoms with Gasteiger partial charge in [-0.05, 0) is 31.3 Å². The zero-order valence-corrected chi connectivity index (χ0v) is 16.2. The number of hydrogen-bond acceptors (Lipinski definition) is 4. The van der Waals surface area contributed by atoms with Gasteiger partial charge in [-0.25, -0.2) is 0 Å². The molecule has 21 heavy (non-hydrogen) atoms. The van der Waals surface area contributed by atoms with Gasteiger partial charge in [-0.1, -0.05) is 0 Å². The summed E-state index contributed by atoms with van der Waals surface area (Å²) in [4.78, 5) is 6.70. The van der Waals surface area contributed by atoms with Crippen molar-refractivity contribution < 1.29 is 9.47 Å². The molecular formula is C14H28IN3O2S. The molecule has 1 N–H and O–H groups in total. The Kier molecular flexibility index (Phi) is 10.0. The summed E-state index contributed by atoms with van der Waals surface area (Å²) in [6.07, 6.45) is 6.05. The van der Waals surface area contributed by atoms with Crippen LogP contribution in [0.2, 0.25) is 0 Å². The second-order valence-electron chi connectivity index (χ2n) is 5.23. The highest BCUT2D eigenvalue weighted by atomic mass is 127. The van der Waals surface area contributed by atoms with Crippen LogP contribution in [0.15, 0.2) is 4.99 Å². The van der Waals surface area contributed by atoms with Crippen molar-refractivity contribution in [2.75, 3.05) is 51.9 Å². The molecule has 2 heterocycles. The molecule has 0 aliphatic carbocycles. The highest BCUT2D eigenvalue weighted by Gasteiger charge is 2.32. The maximum Gasteiger partial charge on any atom is 0.193 e. The lowest BCUT2D eigenvalue weighted by molar-refractivity contribution is -0.0816. The Morgan fingerprint density at radius 1 is 1.33 bits per heavy atom. The van der Waals surface area contributed by atoms with E-state index in [4.69, 9.17) is 9.47 Å². The van der Waals surface area contributed by atoms with Gasteiger partial charge in [0.05, 0.1) is 12.7 Å².